The van der Waals surface area contributed by atoms with E-state index in [0.717, 1.165) is 24.2 Å². The maximum absolute atomic E-state index is 12.4. The number of methoxy groups -OCH3 is 1. The summed E-state index contributed by atoms with van der Waals surface area (Å²) in [6.07, 6.45) is 2.28. The average Bonchev–Trinajstić information content (AvgIpc) is 3.31. The molecule has 1 aromatic carbocycles. The van der Waals surface area contributed by atoms with Crippen molar-refractivity contribution >= 4 is 5.91 Å². The third-order valence-electron chi connectivity index (χ3n) is 4.14. The van der Waals surface area contributed by atoms with Crippen LogP contribution in [0, 0.1) is 0 Å². The summed E-state index contributed by atoms with van der Waals surface area (Å²) in [6.45, 7) is 5.84. The maximum atomic E-state index is 12.4. The monoisotopic (exact) mass is 344 g/mol. The molecule has 1 saturated carbocycles. The maximum Gasteiger partial charge on any atom is 0.273 e. The van der Waals surface area contributed by atoms with Gasteiger partial charge in [-0.25, -0.2) is 0 Å². The number of nitrogens with one attached hydrogen (secondary N) is 1. The molecule has 0 spiro atoms. The Morgan fingerprint density at radius 2 is 2.00 bits per heavy atom. The Kier molecular flexibility index (Phi) is 4.97. The fourth-order valence-corrected chi connectivity index (χ4v) is 2.62. The molecule has 1 aliphatic rings. The third-order valence-corrected chi connectivity index (χ3v) is 4.14. The van der Waals surface area contributed by atoms with Gasteiger partial charge >= 0.3 is 0 Å². The number of aromatic nitrogens is 1. The highest BCUT2D eigenvalue weighted by Gasteiger charge is 2.29. The van der Waals surface area contributed by atoms with Gasteiger partial charge in [-0.1, -0.05) is 11.2 Å². The summed E-state index contributed by atoms with van der Waals surface area (Å²) in [6, 6.07) is 7.19. The Bertz CT molecular complexity index is 750. The second-order valence-corrected chi connectivity index (χ2v) is 6.66. The summed E-state index contributed by atoms with van der Waals surface area (Å²) in [5.41, 5.74) is 1.24. The Labute approximate surface area is 147 Å². The standard InChI is InChI=1S/C19H24N2O4/c1-11(2)24-16-8-7-14(9-18(16)23-4)12(3)20-19(22)15-10-17(25-21-15)13-5-6-13/h7-13H,5-6H2,1-4H3,(H,20,22)/t12-/m0/s1. The summed E-state index contributed by atoms with van der Waals surface area (Å²) in [5.74, 6) is 2.32. The highest BCUT2D eigenvalue weighted by Crippen LogP contribution is 2.40. The van der Waals surface area contributed by atoms with Crippen molar-refractivity contribution in [3.63, 3.8) is 0 Å². The lowest BCUT2D eigenvalue weighted by Gasteiger charge is -2.17. The van der Waals surface area contributed by atoms with Crippen LogP contribution in [0.1, 0.15) is 67.4 Å². The number of ether oxygens (including phenoxy) is 2. The molecular weight excluding hydrogens is 320 g/mol. The minimum Gasteiger partial charge on any atom is -0.493 e. The van der Waals surface area contributed by atoms with Gasteiger partial charge in [-0.15, -0.1) is 0 Å². The first-order valence-electron chi connectivity index (χ1n) is 8.60. The van der Waals surface area contributed by atoms with Gasteiger partial charge in [0.25, 0.3) is 5.91 Å². The first-order valence-corrected chi connectivity index (χ1v) is 8.60. The van der Waals surface area contributed by atoms with Crippen molar-refractivity contribution in [2.75, 3.05) is 7.11 Å². The highest BCUT2D eigenvalue weighted by atomic mass is 16.5. The first-order chi connectivity index (χ1) is 12.0. The Balaban J connectivity index is 1.68. The zero-order valence-electron chi connectivity index (χ0n) is 15.0. The van der Waals surface area contributed by atoms with Gasteiger partial charge in [0.2, 0.25) is 0 Å². The lowest BCUT2D eigenvalue weighted by Crippen LogP contribution is -2.26. The van der Waals surface area contributed by atoms with E-state index in [2.05, 4.69) is 10.5 Å². The van der Waals surface area contributed by atoms with Crippen molar-refractivity contribution in [3.05, 3.63) is 41.3 Å². The van der Waals surface area contributed by atoms with Crippen molar-refractivity contribution < 1.29 is 18.8 Å². The predicted octanol–water partition coefficient (Wildman–Crippen LogP) is 3.84. The average molecular weight is 344 g/mol. The highest BCUT2D eigenvalue weighted by molar-refractivity contribution is 5.92. The molecule has 0 saturated heterocycles. The van der Waals surface area contributed by atoms with Crippen molar-refractivity contribution in [2.24, 2.45) is 0 Å². The lowest BCUT2D eigenvalue weighted by molar-refractivity contribution is 0.0930. The van der Waals surface area contributed by atoms with Crippen LogP contribution in [0.3, 0.4) is 0 Å². The zero-order chi connectivity index (χ0) is 18.0. The molecule has 1 amide bonds. The van der Waals surface area contributed by atoms with E-state index in [1.165, 1.54) is 0 Å². The van der Waals surface area contributed by atoms with Crippen molar-refractivity contribution in [1.82, 2.24) is 10.5 Å². The number of hydrogen-bond acceptors (Lipinski definition) is 5. The molecule has 1 aromatic heterocycles. The summed E-state index contributed by atoms with van der Waals surface area (Å²) in [5, 5.41) is 6.81. The Morgan fingerprint density at radius 3 is 2.64 bits per heavy atom. The SMILES string of the molecule is COc1cc([C@H](C)NC(=O)c2cc(C3CC3)on2)ccc1OC(C)C. The zero-order valence-corrected chi connectivity index (χ0v) is 15.0. The van der Waals surface area contributed by atoms with E-state index in [0.29, 0.717) is 23.1 Å². The quantitative estimate of drug-likeness (QED) is 0.826. The van der Waals surface area contributed by atoms with Crippen LogP contribution in [0.15, 0.2) is 28.8 Å². The van der Waals surface area contributed by atoms with Gasteiger partial charge in [-0.2, -0.15) is 0 Å². The molecule has 1 heterocycles. The van der Waals surface area contributed by atoms with Gasteiger partial charge in [0.05, 0.1) is 19.3 Å². The fraction of sp³-hybridized carbons (Fsp3) is 0.474. The van der Waals surface area contributed by atoms with Crippen LogP contribution in [0.4, 0.5) is 0 Å². The molecule has 1 atom stereocenters. The van der Waals surface area contributed by atoms with Crippen LogP contribution >= 0.6 is 0 Å². The van der Waals surface area contributed by atoms with Gasteiger partial charge in [0, 0.05) is 12.0 Å². The van der Waals surface area contributed by atoms with Crippen LogP contribution in [0.2, 0.25) is 0 Å². The van der Waals surface area contributed by atoms with Crippen LogP contribution in [0.5, 0.6) is 11.5 Å². The van der Waals surface area contributed by atoms with E-state index in [9.17, 15) is 4.79 Å². The molecule has 1 aliphatic carbocycles. The molecule has 134 valence electrons. The van der Waals surface area contributed by atoms with Gasteiger partial charge in [0.1, 0.15) is 5.76 Å². The normalized spacial score (nSPS) is 15.1. The second kappa shape index (κ2) is 7.17. The Hall–Kier alpha value is -2.50. The minimum absolute atomic E-state index is 0.0599. The number of nitrogens with zero attached hydrogens (tertiary/aromatic N) is 1. The number of amides is 1. The molecule has 0 bridgehead atoms. The van der Waals surface area contributed by atoms with Gasteiger partial charge in [0.15, 0.2) is 17.2 Å². The fourth-order valence-electron chi connectivity index (χ4n) is 2.62. The van der Waals surface area contributed by atoms with E-state index >= 15 is 0 Å². The van der Waals surface area contributed by atoms with Crippen LogP contribution in [-0.2, 0) is 0 Å². The predicted molar refractivity (Wildman–Crippen MR) is 93.1 cm³/mol. The second-order valence-electron chi connectivity index (χ2n) is 6.66. The molecule has 25 heavy (non-hydrogen) atoms. The molecule has 0 unspecified atom stereocenters. The summed E-state index contributed by atoms with van der Waals surface area (Å²) < 4.78 is 16.4. The molecule has 3 rings (SSSR count). The van der Waals surface area contributed by atoms with E-state index in [1.54, 1.807) is 13.2 Å². The first kappa shape index (κ1) is 17.3. The molecule has 6 nitrogen and oxygen atoms in total. The van der Waals surface area contributed by atoms with Crippen molar-refractivity contribution in [2.45, 2.75) is 51.7 Å². The number of rotatable bonds is 7. The minimum atomic E-state index is -0.246. The lowest BCUT2D eigenvalue weighted by atomic mass is 10.1. The third kappa shape index (κ3) is 4.13. The van der Waals surface area contributed by atoms with Gasteiger partial charge < -0.3 is 19.3 Å². The molecule has 6 heteroatoms. The van der Waals surface area contributed by atoms with E-state index < -0.39 is 0 Å². The number of carbonyl (C=O) groups is 1. The van der Waals surface area contributed by atoms with Crippen LogP contribution in [-0.4, -0.2) is 24.3 Å². The molecular formula is C19H24N2O4. The van der Waals surface area contributed by atoms with E-state index in [4.69, 9.17) is 14.0 Å². The number of hydrogen-bond donors (Lipinski definition) is 1. The van der Waals surface area contributed by atoms with Gasteiger partial charge in [-0.05, 0) is 51.3 Å². The largest absolute Gasteiger partial charge is 0.493 e. The molecule has 1 fully saturated rings. The number of carbonyl (C=O) groups excluding carboxylic acids is 1. The van der Waals surface area contributed by atoms with Crippen LogP contribution < -0.4 is 14.8 Å². The molecule has 0 radical (unpaired) electrons. The summed E-state index contributed by atoms with van der Waals surface area (Å²) in [4.78, 5) is 12.4. The van der Waals surface area contributed by atoms with Gasteiger partial charge in [-0.3, -0.25) is 4.79 Å². The topological polar surface area (TPSA) is 73.6 Å². The molecule has 2 aromatic rings. The summed E-state index contributed by atoms with van der Waals surface area (Å²) >= 11 is 0. The summed E-state index contributed by atoms with van der Waals surface area (Å²) in [7, 11) is 1.60. The number of benzene rings is 1. The molecule has 1 N–H and O–H groups in total. The Morgan fingerprint density at radius 1 is 1.24 bits per heavy atom. The molecule has 0 aliphatic heterocycles. The van der Waals surface area contributed by atoms with E-state index in [1.807, 2.05) is 39.0 Å². The smallest absolute Gasteiger partial charge is 0.273 e. The van der Waals surface area contributed by atoms with E-state index in [-0.39, 0.29) is 18.1 Å². The van der Waals surface area contributed by atoms with Crippen molar-refractivity contribution in [3.8, 4) is 11.5 Å². The van der Waals surface area contributed by atoms with Crippen LogP contribution in [0.25, 0.3) is 0 Å². The van der Waals surface area contributed by atoms with Crippen molar-refractivity contribution in [1.29, 1.82) is 0 Å².